The Morgan fingerprint density at radius 1 is 1.33 bits per heavy atom. The number of hydrogen-bond donors (Lipinski definition) is 2. The molecular weight excluding hydrogens is 188 g/mol. The number of hydrogen-bond acceptors (Lipinski definition) is 3. The van der Waals surface area contributed by atoms with Gasteiger partial charge < -0.3 is 10.4 Å². The molecule has 3 nitrogen and oxygen atoms in total. The Morgan fingerprint density at radius 3 is 2.53 bits per heavy atom. The highest BCUT2D eigenvalue weighted by Crippen LogP contribution is 2.10. The maximum Gasteiger partial charge on any atom is 0.0639 e. The molecule has 1 saturated heterocycles. The van der Waals surface area contributed by atoms with Gasteiger partial charge >= 0.3 is 0 Å². The molecule has 2 N–H and O–H groups in total. The van der Waals surface area contributed by atoms with E-state index in [1.54, 1.807) is 0 Å². The molecule has 0 aromatic heterocycles. The summed E-state index contributed by atoms with van der Waals surface area (Å²) in [6, 6.07) is 1.14. The summed E-state index contributed by atoms with van der Waals surface area (Å²) in [7, 11) is 0. The summed E-state index contributed by atoms with van der Waals surface area (Å²) in [6.45, 7) is 9.28. The lowest BCUT2D eigenvalue weighted by atomic mass is 10.0. The van der Waals surface area contributed by atoms with Crippen molar-refractivity contribution < 1.29 is 5.11 Å². The number of aliphatic hydroxyl groups excluding tert-OH is 1. The molecule has 0 bridgehead atoms. The van der Waals surface area contributed by atoms with Crippen LogP contribution in [0.2, 0.25) is 0 Å². The molecule has 2 atom stereocenters. The summed E-state index contributed by atoms with van der Waals surface area (Å²) >= 11 is 0. The second-order valence-electron chi connectivity index (χ2n) is 5.04. The van der Waals surface area contributed by atoms with Crippen LogP contribution in [0.5, 0.6) is 0 Å². The van der Waals surface area contributed by atoms with Crippen LogP contribution in [0.15, 0.2) is 0 Å². The Bertz CT molecular complexity index is 165. The van der Waals surface area contributed by atoms with E-state index in [1.165, 1.54) is 19.3 Å². The molecule has 1 unspecified atom stereocenters. The first-order valence-corrected chi connectivity index (χ1v) is 6.25. The summed E-state index contributed by atoms with van der Waals surface area (Å²) in [4.78, 5) is 2.37. The Morgan fingerprint density at radius 2 is 2.07 bits per heavy atom. The van der Waals surface area contributed by atoms with E-state index in [2.05, 4.69) is 24.1 Å². The largest absolute Gasteiger partial charge is 0.392 e. The van der Waals surface area contributed by atoms with Crippen LogP contribution in [0, 0.1) is 0 Å². The van der Waals surface area contributed by atoms with Crippen LogP contribution in [0.1, 0.15) is 40.0 Å². The summed E-state index contributed by atoms with van der Waals surface area (Å²) in [6.07, 6.45) is 3.71. The maximum absolute atomic E-state index is 9.44. The van der Waals surface area contributed by atoms with Crippen molar-refractivity contribution in [1.82, 2.24) is 10.2 Å². The minimum Gasteiger partial charge on any atom is -0.392 e. The van der Waals surface area contributed by atoms with Gasteiger partial charge in [0.2, 0.25) is 0 Å². The molecule has 0 aromatic rings. The van der Waals surface area contributed by atoms with E-state index >= 15 is 0 Å². The Balaban J connectivity index is 2.35. The van der Waals surface area contributed by atoms with Crippen LogP contribution in [0.3, 0.4) is 0 Å². The first-order chi connectivity index (χ1) is 7.09. The maximum atomic E-state index is 9.44. The van der Waals surface area contributed by atoms with E-state index in [0.717, 1.165) is 19.6 Å². The number of nitrogens with zero attached hydrogens (tertiary/aromatic N) is 1. The van der Waals surface area contributed by atoms with Crippen molar-refractivity contribution in [1.29, 1.82) is 0 Å². The van der Waals surface area contributed by atoms with Gasteiger partial charge in [-0.3, -0.25) is 4.90 Å². The van der Waals surface area contributed by atoms with E-state index in [0.29, 0.717) is 12.1 Å². The fraction of sp³-hybridized carbons (Fsp3) is 1.00. The molecule has 0 aromatic carbocycles. The molecule has 1 fully saturated rings. The highest BCUT2D eigenvalue weighted by Gasteiger charge is 2.19. The van der Waals surface area contributed by atoms with Crippen molar-refractivity contribution in [3.63, 3.8) is 0 Å². The molecule has 1 rings (SSSR count). The molecule has 0 amide bonds. The highest BCUT2D eigenvalue weighted by molar-refractivity contribution is 4.78. The second-order valence-corrected chi connectivity index (χ2v) is 5.04. The predicted molar refractivity (Wildman–Crippen MR) is 64.0 cm³/mol. The third-order valence-electron chi connectivity index (χ3n) is 3.10. The summed E-state index contributed by atoms with van der Waals surface area (Å²) in [5.74, 6) is 0. The molecule has 0 aliphatic carbocycles. The quantitative estimate of drug-likeness (QED) is 0.722. The van der Waals surface area contributed by atoms with Crippen molar-refractivity contribution in [2.45, 2.75) is 58.2 Å². The standard InChI is InChI=1S/C12H26N2O/c1-10(2)14(8-11(3)15)9-12-6-4-5-7-13-12/h10-13,15H,4-9H2,1-3H3/t11-,12?/m1/s1. The zero-order valence-electron chi connectivity index (χ0n) is 10.4. The normalized spacial score (nSPS) is 24.8. The molecule has 1 aliphatic heterocycles. The van der Waals surface area contributed by atoms with Gasteiger partial charge in [0.15, 0.2) is 0 Å². The van der Waals surface area contributed by atoms with Crippen molar-refractivity contribution in [2.24, 2.45) is 0 Å². The Kier molecular flexibility index (Phi) is 5.58. The molecule has 15 heavy (non-hydrogen) atoms. The van der Waals surface area contributed by atoms with Gasteiger partial charge in [0, 0.05) is 25.2 Å². The molecule has 0 spiro atoms. The van der Waals surface area contributed by atoms with Gasteiger partial charge in [-0.1, -0.05) is 6.42 Å². The van der Waals surface area contributed by atoms with Crippen LogP contribution in [0.4, 0.5) is 0 Å². The van der Waals surface area contributed by atoms with E-state index in [1.807, 2.05) is 6.92 Å². The Labute approximate surface area is 93.9 Å². The first-order valence-electron chi connectivity index (χ1n) is 6.25. The smallest absolute Gasteiger partial charge is 0.0639 e. The lowest BCUT2D eigenvalue weighted by molar-refractivity contribution is 0.0966. The van der Waals surface area contributed by atoms with Crippen LogP contribution in [-0.2, 0) is 0 Å². The van der Waals surface area contributed by atoms with Gasteiger partial charge in [-0.15, -0.1) is 0 Å². The summed E-state index contributed by atoms with van der Waals surface area (Å²) < 4.78 is 0. The molecular formula is C12H26N2O. The fourth-order valence-corrected chi connectivity index (χ4v) is 2.20. The van der Waals surface area contributed by atoms with Crippen molar-refractivity contribution >= 4 is 0 Å². The zero-order chi connectivity index (χ0) is 11.3. The van der Waals surface area contributed by atoms with E-state index in [9.17, 15) is 5.11 Å². The number of nitrogens with one attached hydrogen (secondary N) is 1. The molecule has 0 radical (unpaired) electrons. The Hall–Kier alpha value is -0.120. The van der Waals surface area contributed by atoms with E-state index in [4.69, 9.17) is 0 Å². The van der Waals surface area contributed by atoms with Crippen molar-refractivity contribution in [3.8, 4) is 0 Å². The monoisotopic (exact) mass is 214 g/mol. The van der Waals surface area contributed by atoms with Crippen LogP contribution in [0.25, 0.3) is 0 Å². The van der Waals surface area contributed by atoms with E-state index < -0.39 is 0 Å². The SMILES string of the molecule is CC(C)N(CC1CCCCN1)C[C@@H](C)O. The number of piperidine rings is 1. The van der Waals surface area contributed by atoms with Crippen LogP contribution < -0.4 is 5.32 Å². The lowest BCUT2D eigenvalue weighted by Crippen LogP contribution is -2.47. The van der Waals surface area contributed by atoms with Crippen LogP contribution in [-0.4, -0.2) is 47.8 Å². The third kappa shape index (κ3) is 4.96. The van der Waals surface area contributed by atoms with Crippen LogP contribution >= 0.6 is 0 Å². The number of rotatable bonds is 5. The molecule has 0 saturated carbocycles. The van der Waals surface area contributed by atoms with E-state index in [-0.39, 0.29) is 6.10 Å². The van der Waals surface area contributed by atoms with Gasteiger partial charge in [0.05, 0.1) is 6.10 Å². The van der Waals surface area contributed by atoms with Gasteiger partial charge in [-0.2, -0.15) is 0 Å². The first kappa shape index (κ1) is 12.9. The minimum absolute atomic E-state index is 0.226. The highest BCUT2D eigenvalue weighted by atomic mass is 16.3. The second kappa shape index (κ2) is 6.46. The third-order valence-corrected chi connectivity index (χ3v) is 3.10. The van der Waals surface area contributed by atoms with Gasteiger partial charge in [0.1, 0.15) is 0 Å². The average molecular weight is 214 g/mol. The van der Waals surface area contributed by atoms with Crippen molar-refractivity contribution in [3.05, 3.63) is 0 Å². The predicted octanol–water partition coefficient (Wildman–Crippen LogP) is 1.22. The molecule has 1 aliphatic rings. The fourth-order valence-electron chi connectivity index (χ4n) is 2.20. The summed E-state index contributed by atoms with van der Waals surface area (Å²) in [5.41, 5.74) is 0. The molecule has 3 heteroatoms. The lowest BCUT2D eigenvalue weighted by Gasteiger charge is -2.33. The van der Waals surface area contributed by atoms with Gasteiger partial charge in [-0.25, -0.2) is 0 Å². The average Bonchev–Trinajstić information content (AvgIpc) is 2.17. The van der Waals surface area contributed by atoms with Gasteiger partial charge in [0.25, 0.3) is 0 Å². The topological polar surface area (TPSA) is 35.5 Å². The molecule has 1 heterocycles. The summed E-state index contributed by atoms with van der Waals surface area (Å²) in [5, 5.41) is 13.0. The number of aliphatic hydroxyl groups is 1. The van der Waals surface area contributed by atoms with Crippen molar-refractivity contribution in [2.75, 3.05) is 19.6 Å². The zero-order valence-corrected chi connectivity index (χ0v) is 10.4. The molecule has 90 valence electrons. The minimum atomic E-state index is -0.226. The van der Waals surface area contributed by atoms with Gasteiger partial charge in [-0.05, 0) is 40.2 Å².